The number of hydrogen-bond acceptors (Lipinski definition) is 2. The van der Waals surface area contributed by atoms with E-state index in [4.69, 9.17) is 0 Å². The van der Waals surface area contributed by atoms with E-state index in [0.29, 0.717) is 12.8 Å². The van der Waals surface area contributed by atoms with E-state index in [-0.39, 0.29) is 0 Å². The molecule has 1 rings (SSSR count). The van der Waals surface area contributed by atoms with Gasteiger partial charge in [0, 0.05) is 0 Å². The van der Waals surface area contributed by atoms with E-state index in [9.17, 15) is 13.0 Å². The van der Waals surface area contributed by atoms with E-state index in [1.54, 1.807) is 0 Å². The molecule has 0 spiro atoms. The van der Waals surface area contributed by atoms with Crippen molar-refractivity contribution in [3.63, 3.8) is 0 Å². The van der Waals surface area contributed by atoms with Crippen LogP contribution in [0, 0.1) is 0 Å². The van der Waals surface area contributed by atoms with Crippen LogP contribution in [0.25, 0.3) is 0 Å². The highest BCUT2D eigenvalue weighted by molar-refractivity contribution is 7.86. The average molecular weight is 327 g/mol. The van der Waals surface area contributed by atoms with Crippen molar-refractivity contribution in [2.45, 2.75) is 76.4 Å². The predicted molar refractivity (Wildman–Crippen MR) is 92.7 cm³/mol. The van der Waals surface area contributed by atoms with E-state index in [2.05, 4.69) is 19.1 Å². The van der Waals surface area contributed by atoms with Crippen LogP contribution in [-0.2, 0) is 16.5 Å². The first-order chi connectivity index (χ1) is 10.5. The number of aryl methyl sites for hydroxylation is 1. The van der Waals surface area contributed by atoms with Gasteiger partial charge in [0.25, 0.3) is 10.1 Å². The molecule has 0 radical (unpaired) electrons. The van der Waals surface area contributed by atoms with E-state index >= 15 is 0 Å². The van der Waals surface area contributed by atoms with Gasteiger partial charge in [0.1, 0.15) is 0 Å². The Morgan fingerprint density at radius 2 is 1.50 bits per heavy atom. The van der Waals surface area contributed by atoms with Crippen molar-refractivity contribution in [3.8, 4) is 0 Å². The SMILES string of the molecule is CCCCCCCC(CCCCc1ccccc1)S(=O)(=O)O. The van der Waals surface area contributed by atoms with Crippen LogP contribution >= 0.6 is 0 Å². The molecule has 4 heteroatoms. The van der Waals surface area contributed by atoms with Crippen LogP contribution in [0.15, 0.2) is 30.3 Å². The molecule has 0 saturated heterocycles. The Morgan fingerprint density at radius 1 is 0.909 bits per heavy atom. The second kappa shape index (κ2) is 10.8. The zero-order valence-electron chi connectivity index (χ0n) is 13.7. The lowest BCUT2D eigenvalue weighted by Crippen LogP contribution is -2.20. The third-order valence-corrected chi connectivity index (χ3v) is 5.45. The first-order valence-corrected chi connectivity index (χ1v) is 10.0. The van der Waals surface area contributed by atoms with Crippen LogP contribution in [0.2, 0.25) is 0 Å². The molecule has 1 N–H and O–H groups in total. The quantitative estimate of drug-likeness (QED) is 0.433. The van der Waals surface area contributed by atoms with Gasteiger partial charge >= 0.3 is 0 Å². The molecule has 3 nitrogen and oxygen atoms in total. The van der Waals surface area contributed by atoms with Crippen LogP contribution in [-0.4, -0.2) is 18.2 Å². The maximum atomic E-state index is 11.5. The van der Waals surface area contributed by atoms with Gasteiger partial charge in [-0.25, -0.2) is 0 Å². The summed E-state index contributed by atoms with van der Waals surface area (Å²) in [7, 11) is -3.90. The summed E-state index contributed by atoms with van der Waals surface area (Å²) in [4.78, 5) is 0. The smallest absolute Gasteiger partial charge is 0.267 e. The largest absolute Gasteiger partial charge is 0.285 e. The molecular weight excluding hydrogens is 296 g/mol. The van der Waals surface area contributed by atoms with Crippen LogP contribution in [0.5, 0.6) is 0 Å². The summed E-state index contributed by atoms with van der Waals surface area (Å²) in [5.74, 6) is 0. The standard InChI is InChI=1S/C18H30O3S/c1-2-3-4-5-9-15-18(22(19,20)21)16-11-10-14-17-12-7-6-8-13-17/h6-8,12-13,18H,2-5,9-11,14-16H2,1H3,(H,19,20,21). The van der Waals surface area contributed by atoms with Gasteiger partial charge in [-0.15, -0.1) is 0 Å². The van der Waals surface area contributed by atoms with Crippen molar-refractivity contribution in [2.24, 2.45) is 0 Å². The van der Waals surface area contributed by atoms with Crippen molar-refractivity contribution >= 4 is 10.1 Å². The molecule has 0 aromatic heterocycles. The summed E-state index contributed by atoms with van der Waals surface area (Å²) < 4.78 is 32.3. The molecule has 1 aromatic carbocycles. The van der Waals surface area contributed by atoms with Crippen molar-refractivity contribution in [3.05, 3.63) is 35.9 Å². The van der Waals surface area contributed by atoms with Crippen LogP contribution in [0.3, 0.4) is 0 Å². The molecule has 1 atom stereocenters. The fourth-order valence-electron chi connectivity index (χ4n) is 2.76. The van der Waals surface area contributed by atoms with Gasteiger partial charge in [-0.3, -0.25) is 4.55 Å². The Bertz CT molecular complexity index is 482. The summed E-state index contributed by atoms with van der Waals surface area (Å²) >= 11 is 0. The number of hydrogen-bond donors (Lipinski definition) is 1. The lowest BCUT2D eigenvalue weighted by Gasteiger charge is -2.13. The fourth-order valence-corrected chi connectivity index (χ4v) is 3.69. The number of benzene rings is 1. The van der Waals surface area contributed by atoms with Crippen molar-refractivity contribution in [1.29, 1.82) is 0 Å². The molecule has 0 aliphatic carbocycles. The Hall–Kier alpha value is -0.870. The molecule has 0 bridgehead atoms. The minimum absolute atomic E-state index is 0.569. The molecule has 0 aliphatic heterocycles. The number of unbranched alkanes of at least 4 members (excludes halogenated alkanes) is 5. The molecule has 0 fully saturated rings. The van der Waals surface area contributed by atoms with Gasteiger partial charge < -0.3 is 0 Å². The van der Waals surface area contributed by atoms with Crippen LogP contribution in [0.1, 0.15) is 70.3 Å². The van der Waals surface area contributed by atoms with Gasteiger partial charge in [0.15, 0.2) is 0 Å². The monoisotopic (exact) mass is 326 g/mol. The van der Waals surface area contributed by atoms with E-state index < -0.39 is 15.4 Å². The number of rotatable bonds is 12. The summed E-state index contributed by atoms with van der Waals surface area (Å²) in [5.41, 5.74) is 1.28. The molecular formula is C18H30O3S. The molecule has 1 unspecified atom stereocenters. The van der Waals surface area contributed by atoms with Gasteiger partial charge in [-0.2, -0.15) is 8.42 Å². The summed E-state index contributed by atoms with van der Waals surface area (Å²) in [6, 6.07) is 10.2. The highest BCUT2D eigenvalue weighted by Gasteiger charge is 2.21. The lowest BCUT2D eigenvalue weighted by atomic mass is 10.0. The highest BCUT2D eigenvalue weighted by atomic mass is 32.2. The van der Waals surface area contributed by atoms with Crippen molar-refractivity contribution in [2.75, 3.05) is 0 Å². The lowest BCUT2D eigenvalue weighted by molar-refractivity contribution is 0.445. The second-order valence-electron chi connectivity index (χ2n) is 6.07. The minimum atomic E-state index is -3.90. The zero-order chi connectivity index (χ0) is 16.3. The molecule has 0 heterocycles. The van der Waals surface area contributed by atoms with Crippen LogP contribution < -0.4 is 0 Å². The van der Waals surface area contributed by atoms with Crippen LogP contribution in [0.4, 0.5) is 0 Å². The predicted octanol–water partition coefficient (Wildman–Crippen LogP) is 5.02. The van der Waals surface area contributed by atoms with Crippen molar-refractivity contribution < 1.29 is 13.0 Å². The summed E-state index contributed by atoms with van der Waals surface area (Å²) in [6.45, 7) is 2.16. The van der Waals surface area contributed by atoms with Gasteiger partial charge in [-0.05, 0) is 31.2 Å². The van der Waals surface area contributed by atoms with Crippen molar-refractivity contribution in [1.82, 2.24) is 0 Å². The Morgan fingerprint density at radius 3 is 2.09 bits per heavy atom. The zero-order valence-corrected chi connectivity index (χ0v) is 14.5. The second-order valence-corrected chi connectivity index (χ2v) is 7.77. The Labute approximate surface area is 135 Å². The first kappa shape index (κ1) is 19.2. The molecule has 126 valence electrons. The normalized spacial score (nSPS) is 13.2. The molecule has 0 amide bonds. The summed E-state index contributed by atoms with van der Waals surface area (Å²) in [5, 5.41) is -0.579. The molecule has 1 aromatic rings. The molecule has 0 saturated carbocycles. The Kier molecular flexibility index (Phi) is 9.41. The topological polar surface area (TPSA) is 54.4 Å². The average Bonchev–Trinajstić information content (AvgIpc) is 2.49. The third kappa shape index (κ3) is 8.54. The van der Waals surface area contributed by atoms with Gasteiger partial charge in [0.2, 0.25) is 0 Å². The van der Waals surface area contributed by atoms with E-state index in [1.807, 2.05) is 18.2 Å². The maximum absolute atomic E-state index is 11.5. The summed E-state index contributed by atoms with van der Waals surface area (Å²) in [6.07, 6.45) is 9.42. The third-order valence-electron chi connectivity index (χ3n) is 4.14. The molecule has 0 aliphatic rings. The minimum Gasteiger partial charge on any atom is -0.285 e. The highest BCUT2D eigenvalue weighted by Crippen LogP contribution is 2.18. The molecule has 22 heavy (non-hydrogen) atoms. The van der Waals surface area contributed by atoms with E-state index in [0.717, 1.165) is 38.5 Å². The van der Waals surface area contributed by atoms with Gasteiger partial charge in [-0.1, -0.05) is 75.8 Å². The fraction of sp³-hybridized carbons (Fsp3) is 0.667. The van der Waals surface area contributed by atoms with E-state index in [1.165, 1.54) is 18.4 Å². The van der Waals surface area contributed by atoms with Gasteiger partial charge in [0.05, 0.1) is 5.25 Å². The Balaban J connectivity index is 2.27. The first-order valence-electron chi connectivity index (χ1n) is 8.54. The maximum Gasteiger partial charge on any atom is 0.267 e.